The molecule has 0 aliphatic heterocycles. The van der Waals surface area contributed by atoms with E-state index < -0.39 is 12.1 Å². The lowest BCUT2D eigenvalue weighted by molar-refractivity contribution is -0.150. The van der Waals surface area contributed by atoms with Gasteiger partial charge in [0.2, 0.25) is 0 Å². The van der Waals surface area contributed by atoms with Gasteiger partial charge < -0.3 is 14.9 Å². The van der Waals surface area contributed by atoms with Gasteiger partial charge in [-0.25, -0.2) is 4.79 Å². The average molecular weight is 196 g/mol. The Balaban J connectivity index is 2.60. The Morgan fingerprint density at radius 1 is 1.43 bits per heavy atom. The Labute approximate surface area is 81.8 Å². The van der Waals surface area contributed by atoms with Crippen molar-refractivity contribution in [2.24, 2.45) is 0 Å². The summed E-state index contributed by atoms with van der Waals surface area (Å²) < 4.78 is 4.37. The van der Waals surface area contributed by atoms with Crippen molar-refractivity contribution in [1.82, 2.24) is 0 Å². The lowest BCUT2D eigenvalue weighted by Crippen LogP contribution is -2.23. The minimum absolute atomic E-state index is 0.154. The first-order valence-electron chi connectivity index (χ1n) is 4.17. The van der Waals surface area contributed by atoms with Gasteiger partial charge in [0.25, 0.3) is 0 Å². The zero-order valence-electron chi connectivity index (χ0n) is 7.80. The zero-order chi connectivity index (χ0) is 10.6. The van der Waals surface area contributed by atoms with Gasteiger partial charge in [-0.2, -0.15) is 0 Å². The molecule has 0 aliphatic carbocycles. The van der Waals surface area contributed by atoms with Gasteiger partial charge in [0.15, 0.2) is 6.10 Å². The number of hydrogen-bond donors (Lipinski definition) is 2. The first-order chi connectivity index (χ1) is 6.63. The molecule has 1 atom stereocenters. The van der Waals surface area contributed by atoms with E-state index in [1.807, 2.05) is 0 Å². The molecule has 0 heterocycles. The number of esters is 1. The van der Waals surface area contributed by atoms with E-state index in [-0.39, 0.29) is 12.2 Å². The van der Waals surface area contributed by atoms with E-state index in [1.54, 1.807) is 12.1 Å². The molecule has 0 saturated heterocycles. The highest BCUT2D eigenvalue weighted by molar-refractivity contribution is 5.74. The molecule has 76 valence electrons. The number of phenolic OH excluding ortho intramolecular Hbond substituents is 1. The molecule has 2 N–H and O–H groups in total. The lowest BCUT2D eigenvalue weighted by Gasteiger charge is -2.07. The fraction of sp³-hybridized carbons (Fsp3) is 0.300. The summed E-state index contributed by atoms with van der Waals surface area (Å²) >= 11 is 0. The molecule has 0 fully saturated rings. The van der Waals surface area contributed by atoms with Gasteiger partial charge in [-0.3, -0.25) is 0 Å². The summed E-state index contributed by atoms with van der Waals surface area (Å²) in [7, 11) is 1.22. The quantitative estimate of drug-likeness (QED) is 0.689. The molecule has 0 saturated carbocycles. The predicted molar refractivity (Wildman–Crippen MR) is 49.8 cm³/mol. The number of rotatable bonds is 3. The van der Waals surface area contributed by atoms with Crippen molar-refractivity contribution in [2.45, 2.75) is 12.5 Å². The van der Waals surface area contributed by atoms with Gasteiger partial charge in [-0.15, -0.1) is 0 Å². The number of ether oxygens (including phenoxy) is 1. The molecular weight excluding hydrogens is 184 g/mol. The molecule has 14 heavy (non-hydrogen) atoms. The molecule has 0 spiro atoms. The molecule has 0 aromatic heterocycles. The van der Waals surface area contributed by atoms with Gasteiger partial charge in [-0.1, -0.05) is 12.1 Å². The second-order valence-corrected chi connectivity index (χ2v) is 2.91. The molecule has 1 unspecified atom stereocenters. The summed E-state index contributed by atoms with van der Waals surface area (Å²) in [4.78, 5) is 10.9. The summed E-state index contributed by atoms with van der Waals surface area (Å²) in [5.41, 5.74) is 0.765. The Morgan fingerprint density at radius 3 is 2.50 bits per heavy atom. The molecule has 0 aliphatic rings. The molecule has 1 aromatic carbocycles. The lowest BCUT2D eigenvalue weighted by atomic mass is 10.1. The minimum Gasteiger partial charge on any atom is -0.508 e. The molecule has 4 nitrogen and oxygen atoms in total. The summed E-state index contributed by atoms with van der Waals surface area (Å²) in [6.45, 7) is 0. The number of aliphatic hydroxyl groups is 1. The number of methoxy groups -OCH3 is 1. The normalized spacial score (nSPS) is 12.1. The van der Waals surface area contributed by atoms with Crippen molar-refractivity contribution < 1.29 is 19.7 Å². The van der Waals surface area contributed by atoms with Gasteiger partial charge >= 0.3 is 5.97 Å². The number of aliphatic hydroxyl groups excluding tert-OH is 1. The van der Waals surface area contributed by atoms with Crippen LogP contribution < -0.4 is 0 Å². The Morgan fingerprint density at radius 2 is 2.00 bits per heavy atom. The second-order valence-electron chi connectivity index (χ2n) is 2.91. The minimum atomic E-state index is -1.15. The molecular formula is C10H12O4. The van der Waals surface area contributed by atoms with Crippen molar-refractivity contribution in [3.63, 3.8) is 0 Å². The van der Waals surface area contributed by atoms with Gasteiger partial charge in [0.05, 0.1) is 7.11 Å². The van der Waals surface area contributed by atoms with Crippen molar-refractivity contribution >= 4 is 5.97 Å². The van der Waals surface area contributed by atoms with E-state index in [4.69, 9.17) is 5.11 Å². The SMILES string of the molecule is COC(=O)C(O)Cc1ccc(O)cc1. The maximum absolute atomic E-state index is 10.9. The van der Waals surface area contributed by atoms with E-state index in [2.05, 4.69) is 4.74 Å². The molecule has 0 bridgehead atoms. The molecule has 1 rings (SSSR count). The van der Waals surface area contributed by atoms with Crippen LogP contribution in [0.25, 0.3) is 0 Å². The van der Waals surface area contributed by atoms with Crippen LogP contribution in [0.5, 0.6) is 5.75 Å². The van der Waals surface area contributed by atoms with Crippen LogP contribution in [0.15, 0.2) is 24.3 Å². The van der Waals surface area contributed by atoms with Crippen LogP contribution in [0.4, 0.5) is 0 Å². The fourth-order valence-corrected chi connectivity index (χ4v) is 1.07. The first-order valence-corrected chi connectivity index (χ1v) is 4.17. The van der Waals surface area contributed by atoms with Crippen LogP contribution in [-0.4, -0.2) is 29.4 Å². The number of benzene rings is 1. The van der Waals surface area contributed by atoms with E-state index in [9.17, 15) is 9.90 Å². The monoisotopic (exact) mass is 196 g/mol. The maximum Gasteiger partial charge on any atom is 0.335 e. The highest BCUT2D eigenvalue weighted by Crippen LogP contribution is 2.11. The predicted octanol–water partition coefficient (Wildman–Crippen LogP) is 0.469. The van der Waals surface area contributed by atoms with Crippen LogP contribution in [-0.2, 0) is 16.0 Å². The number of phenols is 1. The Hall–Kier alpha value is -1.55. The number of carbonyl (C=O) groups is 1. The van der Waals surface area contributed by atoms with Crippen molar-refractivity contribution in [2.75, 3.05) is 7.11 Å². The smallest absolute Gasteiger partial charge is 0.335 e. The van der Waals surface area contributed by atoms with E-state index >= 15 is 0 Å². The summed E-state index contributed by atoms with van der Waals surface area (Å²) in [6, 6.07) is 6.28. The molecule has 0 radical (unpaired) electrons. The maximum atomic E-state index is 10.9. The first kappa shape index (κ1) is 10.5. The topological polar surface area (TPSA) is 66.8 Å². The highest BCUT2D eigenvalue weighted by Gasteiger charge is 2.15. The summed E-state index contributed by atoms with van der Waals surface area (Å²) in [6.07, 6.45) is -0.961. The largest absolute Gasteiger partial charge is 0.508 e. The van der Waals surface area contributed by atoms with Crippen LogP contribution in [0.1, 0.15) is 5.56 Å². The zero-order valence-corrected chi connectivity index (χ0v) is 7.80. The van der Waals surface area contributed by atoms with Crippen LogP contribution >= 0.6 is 0 Å². The molecule has 0 amide bonds. The van der Waals surface area contributed by atoms with Crippen molar-refractivity contribution in [3.05, 3.63) is 29.8 Å². The van der Waals surface area contributed by atoms with E-state index in [0.717, 1.165) is 5.56 Å². The third kappa shape index (κ3) is 2.74. The fourth-order valence-electron chi connectivity index (χ4n) is 1.07. The van der Waals surface area contributed by atoms with Gasteiger partial charge in [0.1, 0.15) is 5.75 Å². The highest BCUT2D eigenvalue weighted by atomic mass is 16.5. The van der Waals surface area contributed by atoms with Crippen LogP contribution in [0, 0.1) is 0 Å². The number of aromatic hydroxyl groups is 1. The van der Waals surface area contributed by atoms with Crippen molar-refractivity contribution in [3.8, 4) is 5.75 Å². The molecule has 1 aromatic rings. The number of carbonyl (C=O) groups excluding carboxylic acids is 1. The average Bonchev–Trinajstić information content (AvgIpc) is 2.20. The third-order valence-corrected chi connectivity index (χ3v) is 1.84. The number of hydrogen-bond acceptors (Lipinski definition) is 4. The van der Waals surface area contributed by atoms with Gasteiger partial charge in [0, 0.05) is 6.42 Å². The van der Waals surface area contributed by atoms with E-state index in [0.29, 0.717) is 0 Å². The summed E-state index contributed by atoms with van der Waals surface area (Å²) in [5, 5.41) is 18.3. The second kappa shape index (κ2) is 4.62. The summed E-state index contributed by atoms with van der Waals surface area (Å²) in [5.74, 6) is -0.501. The molecule has 4 heteroatoms. The van der Waals surface area contributed by atoms with Crippen molar-refractivity contribution in [1.29, 1.82) is 0 Å². The van der Waals surface area contributed by atoms with Crippen LogP contribution in [0.3, 0.4) is 0 Å². The van der Waals surface area contributed by atoms with Crippen LogP contribution in [0.2, 0.25) is 0 Å². The van der Waals surface area contributed by atoms with E-state index in [1.165, 1.54) is 19.2 Å². The van der Waals surface area contributed by atoms with Gasteiger partial charge in [-0.05, 0) is 17.7 Å². The standard InChI is InChI=1S/C10H12O4/c1-14-10(13)9(12)6-7-2-4-8(11)5-3-7/h2-5,9,11-12H,6H2,1H3. The Kier molecular flexibility index (Phi) is 3.48. The Bertz CT molecular complexity index is 304. The third-order valence-electron chi connectivity index (χ3n) is 1.84.